The predicted molar refractivity (Wildman–Crippen MR) is 91.1 cm³/mol. The van der Waals surface area contributed by atoms with Crippen LogP contribution in [-0.4, -0.2) is 47.3 Å². The Kier molecular flexibility index (Phi) is 4.98. The average molecular weight is 333 g/mol. The molecule has 0 unspecified atom stereocenters. The Bertz CT molecular complexity index is 683. The third kappa shape index (κ3) is 3.74. The third-order valence-corrected chi connectivity index (χ3v) is 4.44. The Hall–Kier alpha value is -1.85. The minimum atomic E-state index is 0.0547. The molecule has 1 N–H and O–H groups in total. The highest BCUT2D eigenvalue weighted by Crippen LogP contribution is 2.19. The van der Waals surface area contributed by atoms with Crippen LogP contribution in [0.1, 0.15) is 23.2 Å². The number of nitrogens with one attached hydrogen (secondary N) is 1. The smallest absolute Gasteiger partial charge is 0.257 e. The molecule has 1 atom stereocenters. The van der Waals surface area contributed by atoms with Crippen molar-refractivity contribution in [3.8, 4) is 5.69 Å². The summed E-state index contributed by atoms with van der Waals surface area (Å²) in [4.78, 5) is 14.6. The fourth-order valence-electron chi connectivity index (χ4n) is 3.08. The largest absolute Gasteiger partial charge is 0.338 e. The van der Waals surface area contributed by atoms with E-state index in [0.717, 1.165) is 31.7 Å². The van der Waals surface area contributed by atoms with Gasteiger partial charge in [-0.05, 0) is 50.6 Å². The molecule has 2 aromatic rings. The van der Waals surface area contributed by atoms with E-state index in [0.29, 0.717) is 16.5 Å². The number of halogens is 1. The Labute approximate surface area is 141 Å². The van der Waals surface area contributed by atoms with Crippen LogP contribution in [0.2, 0.25) is 5.02 Å². The van der Waals surface area contributed by atoms with Gasteiger partial charge in [-0.15, -0.1) is 0 Å². The Morgan fingerprint density at radius 3 is 3.13 bits per heavy atom. The van der Waals surface area contributed by atoms with Crippen LogP contribution in [0.25, 0.3) is 5.69 Å². The van der Waals surface area contributed by atoms with Gasteiger partial charge in [-0.2, -0.15) is 5.10 Å². The van der Waals surface area contributed by atoms with E-state index in [2.05, 4.69) is 10.4 Å². The van der Waals surface area contributed by atoms with E-state index < -0.39 is 0 Å². The minimum absolute atomic E-state index is 0.0547. The summed E-state index contributed by atoms with van der Waals surface area (Å²) in [6, 6.07) is 7.42. The average Bonchev–Trinajstić information content (AvgIpc) is 3.05. The van der Waals surface area contributed by atoms with Crippen LogP contribution in [0.5, 0.6) is 0 Å². The van der Waals surface area contributed by atoms with Crippen LogP contribution in [0.3, 0.4) is 0 Å². The van der Waals surface area contributed by atoms with Gasteiger partial charge < -0.3 is 10.2 Å². The van der Waals surface area contributed by atoms with Crippen molar-refractivity contribution in [2.75, 3.05) is 26.7 Å². The molecule has 1 saturated heterocycles. The van der Waals surface area contributed by atoms with Gasteiger partial charge >= 0.3 is 0 Å². The molecule has 6 heteroatoms. The zero-order chi connectivity index (χ0) is 16.2. The number of nitrogens with zero attached hydrogens (tertiary/aromatic N) is 3. The van der Waals surface area contributed by atoms with Crippen molar-refractivity contribution < 1.29 is 4.79 Å². The Morgan fingerprint density at radius 2 is 2.35 bits per heavy atom. The number of benzene rings is 1. The first kappa shape index (κ1) is 16.0. The summed E-state index contributed by atoms with van der Waals surface area (Å²) in [7, 11) is 1.95. The van der Waals surface area contributed by atoms with Gasteiger partial charge in [0.25, 0.3) is 5.91 Å². The van der Waals surface area contributed by atoms with Gasteiger partial charge in [0, 0.05) is 24.3 Å². The van der Waals surface area contributed by atoms with E-state index in [1.54, 1.807) is 17.1 Å². The van der Waals surface area contributed by atoms with Crippen molar-refractivity contribution in [1.29, 1.82) is 0 Å². The molecular weight excluding hydrogens is 312 g/mol. The van der Waals surface area contributed by atoms with Crippen LogP contribution < -0.4 is 5.32 Å². The highest BCUT2D eigenvalue weighted by atomic mass is 35.5. The maximum Gasteiger partial charge on any atom is 0.257 e. The maximum absolute atomic E-state index is 12.7. The van der Waals surface area contributed by atoms with E-state index >= 15 is 0 Å². The van der Waals surface area contributed by atoms with Crippen molar-refractivity contribution in [3.63, 3.8) is 0 Å². The lowest BCUT2D eigenvalue weighted by Crippen LogP contribution is -2.42. The van der Waals surface area contributed by atoms with Crippen molar-refractivity contribution >= 4 is 17.5 Å². The summed E-state index contributed by atoms with van der Waals surface area (Å²) >= 11 is 6.01. The molecule has 3 rings (SSSR count). The zero-order valence-electron chi connectivity index (χ0n) is 13.2. The quantitative estimate of drug-likeness (QED) is 0.936. The monoisotopic (exact) mass is 332 g/mol. The van der Waals surface area contributed by atoms with E-state index in [1.807, 2.05) is 36.2 Å². The van der Waals surface area contributed by atoms with E-state index in [4.69, 9.17) is 11.6 Å². The maximum atomic E-state index is 12.7. The fourth-order valence-corrected chi connectivity index (χ4v) is 3.26. The third-order valence-electron chi connectivity index (χ3n) is 4.20. The second-order valence-corrected chi connectivity index (χ2v) is 6.41. The minimum Gasteiger partial charge on any atom is -0.338 e. The molecule has 5 nitrogen and oxygen atoms in total. The molecule has 0 saturated carbocycles. The number of hydrogen-bond acceptors (Lipinski definition) is 3. The molecule has 1 aliphatic heterocycles. The topological polar surface area (TPSA) is 50.2 Å². The summed E-state index contributed by atoms with van der Waals surface area (Å²) in [6.07, 6.45) is 5.63. The standard InChI is InChI=1S/C17H21ClN4O/c1-19-9-13-4-3-7-21(11-13)17(23)14-10-20-22(12-14)16-6-2-5-15(18)8-16/h2,5-6,8,10,12-13,19H,3-4,7,9,11H2,1H3/t13-/m0/s1. The van der Waals surface area contributed by atoms with Gasteiger partial charge in [-0.25, -0.2) is 4.68 Å². The van der Waals surface area contributed by atoms with Gasteiger partial charge in [0.2, 0.25) is 0 Å². The number of aromatic nitrogens is 2. The van der Waals surface area contributed by atoms with Gasteiger partial charge in [0.1, 0.15) is 0 Å². The second-order valence-electron chi connectivity index (χ2n) is 5.97. The first-order chi connectivity index (χ1) is 11.2. The number of hydrogen-bond donors (Lipinski definition) is 1. The van der Waals surface area contributed by atoms with Crippen LogP contribution in [-0.2, 0) is 0 Å². The molecule has 1 aromatic carbocycles. The number of likely N-dealkylation sites (tertiary alicyclic amines) is 1. The van der Waals surface area contributed by atoms with Crippen LogP contribution in [0.4, 0.5) is 0 Å². The molecule has 1 aliphatic rings. The molecule has 1 aromatic heterocycles. The Morgan fingerprint density at radius 1 is 1.48 bits per heavy atom. The molecule has 0 aliphatic carbocycles. The predicted octanol–water partition coefficient (Wildman–Crippen LogP) is 2.60. The molecule has 23 heavy (non-hydrogen) atoms. The van der Waals surface area contributed by atoms with Crippen molar-refractivity contribution in [3.05, 3.63) is 47.2 Å². The van der Waals surface area contributed by atoms with Gasteiger partial charge in [-0.3, -0.25) is 4.79 Å². The molecule has 1 fully saturated rings. The molecule has 0 bridgehead atoms. The first-order valence-corrected chi connectivity index (χ1v) is 8.29. The summed E-state index contributed by atoms with van der Waals surface area (Å²) in [5.74, 6) is 0.583. The molecule has 2 heterocycles. The van der Waals surface area contributed by atoms with Gasteiger partial charge in [0.15, 0.2) is 0 Å². The van der Waals surface area contributed by atoms with Gasteiger partial charge in [0.05, 0.1) is 17.4 Å². The summed E-state index contributed by atoms with van der Waals surface area (Å²) < 4.78 is 1.69. The van der Waals surface area contributed by atoms with Crippen molar-refractivity contribution in [2.45, 2.75) is 12.8 Å². The first-order valence-electron chi connectivity index (χ1n) is 7.92. The normalized spacial score (nSPS) is 18.2. The lowest BCUT2D eigenvalue weighted by Gasteiger charge is -2.32. The van der Waals surface area contributed by atoms with Crippen LogP contribution in [0.15, 0.2) is 36.7 Å². The highest BCUT2D eigenvalue weighted by Gasteiger charge is 2.24. The Balaban J connectivity index is 1.73. The summed E-state index contributed by atoms with van der Waals surface area (Å²) in [5.41, 5.74) is 1.47. The number of amides is 1. The summed E-state index contributed by atoms with van der Waals surface area (Å²) in [6.45, 7) is 2.58. The molecule has 1 amide bonds. The van der Waals surface area contributed by atoms with Crippen LogP contribution >= 0.6 is 11.6 Å². The SMILES string of the molecule is CNC[C@@H]1CCCN(C(=O)c2cnn(-c3cccc(Cl)c3)c2)C1. The van der Waals surface area contributed by atoms with Crippen molar-refractivity contribution in [2.24, 2.45) is 5.92 Å². The lowest BCUT2D eigenvalue weighted by atomic mass is 9.97. The molecular formula is C17H21ClN4O. The number of rotatable bonds is 4. The number of carbonyl (C=O) groups excluding carboxylic acids is 1. The number of piperidine rings is 1. The van der Waals surface area contributed by atoms with E-state index in [-0.39, 0.29) is 5.91 Å². The second kappa shape index (κ2) is 7.15. The zero-order valence-corrected chi connectivity index (χ0v) is 14.0. The molecule has 0 spiro atoms. The molecule has 0 radical (unpaired) electrons. The molecule has 122 valence electrons. The van der Waals surface area contributed by atoms with E-state index in [9.17, 15) is 4.79 Å². The van der Waals surface area contributed by atoms with E-state index in [1.165, 1.54) is 6.42 Å². The fraction of sp³-hybridized carbons (Fsp3) is 0.412. The highest BCUT2D eigenvalue weighted by molar-refractivity contribution is 6.30. The lowest BCUT2D eigenvalue weighted by molar-refractivity contribution is 0.0674. The van der Waals surface area contributed by atoms with Crippen LogP contribution in [0, 0.1) is 5.92 Å². The van der Waals surface area contributed by atoms with Gasteiger partial charge in [-0.1, -0.05) is 17.7 Å². The summed E-state index contributed by atoms with van der Waals surface area (Å²) in [5, 5.41) is 8.15. The number of carbonyl (C=O) groups is 1. The van der Waals surface area contributed by atoms with Crippen molar-refractivity contribution in [1.82, 2.24) is 20.0 Å².